The zero-order valence-electron chi connectivity index (χ0n) is 15.0. The normalized spacial score (nSPS) is 13.4. The SMILES string of the molecule is c1ccc(-n2c(Sc3ncnc4sc5c(c34)CCC5)nc3ccccc32)cc1. The third-order valence-electron chi connectivity index (χ3n) is 5.20. The number of hydrogen-bond donors (Lipinski definition) is 0. The summed E-state index contributed by atoms with van der Waals surface area (Å²) in [6, 6.07) is 18.7. The van der Waals surface area contributed by atoms with E-state index in [0.29, 0.717) is 0 Å². The van der Waals surface area contributed by atoms with Gasteiger partial charge in [-0.15, -0.1) is 11.3 Å². The Morgan fingerprint density at radius 3 is 2.71 bits per heavy atom. The van der Waals surface area contributed by atoms with Crippen molar-refractivity contribution < 1.29 is 0 Å². The average Bonchev–Trinajstić information content (AvgIpc) is 3.41. The van der Waals surface area contributed by atoms with Gasteiger partial charge in [-0.3, -0.25) is 4.57 Å². The van der Waals surface area contributed by atoms with E-state index in [0.717, 1.165) is 38.2 Å². The number of thiophene rings is 1. The highest BCUT2D eigenvalue weighted by atomic mass is 32.2. The van der Waals surface area contributed by atoms with Crippen LogP contribution in [0.1, 0.15) is 16.9 Å². The summed E-state index contributed by atoms with van der Waals surface area (Å²) in [5.74, 6) is 0. The van der Waals surface area contributed by atoms with E-state index in [1.165, 1.54) is 28.7 Å². The van der Waals surface area contributed by atoms with E-state index in [9.17, 15) is 0 Å². The summed E-state index contributed by atoms with van der Waals surface area (Å²) in [6.45, 7) is 0. The maximum Gasteiger partial charge on any atom is 0.180 e. The van der Waals surface area contributed by atoms with Gasteiger partial charge >= 0.3 is 0 Å². The first-order valence-electron chi connectivity index (χ1n) is 9.34. The first-order chi connectivity index (χ1) is 13.9. The second-order valence-electron chi connectivity index (χ2n) is 6.87. The van der Waals surface area contributed by atoms with E-state index in [4.69, 9.17) is 4.98 Å². The van der Waals surface area contributed by atoms with Gasteiger partial charge in [-0.2, -0.15) is 0 Å². The molecule has 3 aromatic heterocycles. The molecule has 2 aromatic carbocycles. The third kappa shape index (κ3) is 2.48. The summed E-state index contributed by atoms with van der Waals surface area (Å²) in [7, 11) is 0. The molecule has 0 unspecified atom stereocenters. The molecular weight excluding hydrogens is 384 g/mol. The predicted molar refractivity (Wildman–Crippen MR) is 115 cm³/mol. The van der Waals surface area contributed by atoms with Crippen molar-refractivity contribution >= 4 is 44.3 Å². The molecule has 0 saturated heterocycles. The Morgan fingerprint density at radius 2 is 1.79 bits per heavy atom. The van der Waals surface area contributed by atoms with Gasteiger partial charge in [0.1, 0.15) is 16.2 Å². The van der Waals surface area contributed by atoms with Gasteiger partial charge < -0.3 is 0 Å². The molecule has 136 valence electrons. The quantitative estimate of drug-likeness (QED) is 0.366. The fourth-order valence-electron chi connectivity index (χ4n) is 3.96. The van der Waals surface area contributed by atoms with E-state index in [1.54, 1.807) is 18.1 Å². The van der Waals surface area contributed by atoms with Gasteiger partial charge in [0.2, 0.25) is 0 Å². The number of aromatic nitrogens is 4. The van der Waals surface area contributed by atoms with Crippen LogP contribution < -0.4 is 0 Å². The smallest absolute Gasteiger partial charge is 0.180 e. The van der Waals surface area contributed by atoms with Crippen molar-refractivity contribution in [3.05, 3.63) is 71.4 Å². The van der Waals surface area contributed by atoms with Crippen molar-refractivity contribution in [3.8, 4) is 5.69 Å². The Morgan fingerprint density at radius 1 is 0.929 bits per heavy atom. The van der Waals surface area contributed by atoms with Crippen LogP contribution in [0.4, 0.5) is 0 Å². The molecule has 0 saturated carbocycles. The van der Waals surface area contributed by atoms with Crippen molar-refractivity contribution in [3.63, 3.8) is 0 Å². The third-order valence-corrected chi connectivity index (χ3v) is 7.36. The molecule has 0 amide bonds. The average molecular weight is 401 g/mol. The molecule has 1 aliphatic carbocycles. The van der Waals surface area contributed by atoms with Crippen molar-refractivity contribution in [2.24, 2.45) is 0 Å². The molecule has 0 spiro atoms. The highest BCUT2D eigenvalue weighted by Crippen LogP contribution is 2.42. The Kier molecular flexibility index (Phi) is 3.74. The van der Waals surface area contributed by atoms with E-state index in [1.807, 2.05) is 23.5 Å². The van der Waals surface area contributed by atoms with Crippen LogP contribution in [0.2, 0.25) is 0 Å². The van der Waals surface area contributed by atoms with Crippen LogP contribution in [0, 0.1) is 0 Å². The van der Waals surface area contributed by atoms with Gasteiger partial charge in [-0.05, 0) is 60.9 Å². The molecule has 0 bridgehead atoms. The van der Waals surface area contributed by atoms with Crippen LogP contribution >= 0.6 is 23.1 Å². The monoisotopic (exact) mass is 400 g/mol. The molecule has 6 heteroatoms. The molecule has 5 aromatic rings. The second-order valence-corrected chi connectivity index (χ2v) is 8.91. The molecule has 0 fully saturated rings. The molecule has 1 aliphatic rings. The molecule has 0 atom stereocenters. The Balaban J connectivity index is 1.56. The number of rotatable bonds is 3. The number of nitrogens with zero attached hydrogens (tertiary/aromatic N) is 4. The lowest BCUT2D eigenvalue weighted by molar-refractivity contribution is 0.910. The molecule has 4 nitrogen and oxygen atoms in total. The minimum absolute atomic E-state index is 0.936. The number of para-hydroxylation sites is 3. The topological polar surface area (TPSA) is 43.6 Å². The lowest BCUT2D eigenvalue weighted by atomic mass is 10.2. The van der Waals surface area contributed by atoms with E-state index >= 15 is 0 Å². The van der Waals surface area contributed by atoms with E-state index in [2.05, 4.69) is 57.0 Å². The zero-order valence-corrected chi connectivity index (χ0v) is 16.6. The van der Waals surface area contributed by atoms with Crippen LogP contribution in [0.3, 0.4) is 0 Å². The summed E-state index contributed by atoms with van der Waals surface area (Å²) in [5.41, 5.74) is 4.66. The van der Waals surface area contributed by atoms with Crippen molar-refractivity contribution in [1.29, 1.82) is 0 Å². The van der Waals surface area contributed by atoms with Gasteiger partial charge in [0.15, 0.2) is 5.16 Å². The number of hydrogen-bond acceptors (Lipinski definition) is 5. The Bertz CT molecular complexity index is 1320. The molecule has 0 aliphatic heterocycles. The molecule has 0 radical (unpaired) electrons. The predicted octanol–water partition coefficient (Wildman–Crippen LogP) is 5.67. The molecule has 6 rings (SSSR count). The first kappa shape index (κ1) is 16.3. The van der Waals surface area contributed by atoms with Crippen LogP contribution in [0.5, 0.6) is 0 Å². The zero-order chi connectivity index (χ0) is 18.5. The summed E-state index contributed by atoms with van der Waals surface area (Å²) in [5, 5.41) is 3.18. The Labute approximate surface area is 170 Å². The highest BCUT2D eigenvalue weighted by molar-refractivity contribution is 7.99. The van der Waals surface area contributed by atoms with Crippen molar-refractivity contribution in [1.82, 2.24) is 19.5 Å². The fourth-order valence-corrected chi connectivity index (χ4v) is 6.29. The number of fused-ring (bicyclic) bond motifs is 4. The number of imidazole rings is 1. The summed E-state index contributed by atoms with van der Waals surface area (Å²) in [6.07, 6.45) is 5.22. The first-order valence-corrected chi connectivity index (χ1v) is 11.0. The molecule has 3 heterocycles. The molecule has 28 heavy (non-hydrogen) atoms. The van der Waals surface area contributed by atoms with Gasteiger partial charge in [-0.1, -0.05) is 30.3 Å². The summed E-state index contributed by atoms with van der Waals surface area (Å²) >= 11 is 3.47. The minimum atomic E-state index is 0.936. The largest absolute Gasteiger partial charge is 0.287 e. The highest BCUT2D eigenvalue weighted by Gasteiger charge is 2.23. The van der Waals surface area contributed by atoms with Gasteiger partial charge in [0.05, 0.1) is 11.0 Å². The summed E-state index contributed by atoms with van der Waals surface area (Å²) in [4.78, 5) is 16.7. The summed E-state index contributed by atoms with van der Waals surface area (Å²) < 4.78 is 2.22. The van der Waals surface area contributed by atoms with Crippen molar-refractivity contribution in [2.45, 2.75) is 29.4 Å². The number of benzene rings is 2. The van der Waals surface area contributed by atoms with Crippen LogP contribution in [-0.2, 0) is 12.8 Å². The van der Waals surface area contributed by atoms with Crippen LogP contribution in [0.25, 0.3) is 26.9 Å². The maximum absolute atomic E-state index is 4.94. The Hall–Kier alpha value is -2.70. The maximum atomic E-state index is 4.94. The lowest BCUT2D eigenvalue weighted by Gasteiger charge is -2.09. The van der Waals surface area contributed by atoms with Gasteiger partial charge in [-0.25, -0.2) is 15.0 Å². The van der Waals surface area contributed by atoms with Crippen LogP contribution in [-0.4, -0.2) is 19.5 Å². The number of aryl methyl sites for hydroxylation is 2. The minimum Gasteiger partial charge on any atom is -0.287 e. The molecule has 0 N–H and O–H groups in total. The van der Waals surface area contributed by atoms with Gasteiger partial charge in [0.25, 0.3) is 0 Å². The molecular formula is C22H16N4S2. The van der Waals surface area contributed by atoms with E-state index < -0.39 is 0 Å². The van der Waals surface area contributed by atoms with Crippen molar-refractivity contribution in [2.75, 3.05) is 0 Å². The lowest BCUT2D eigenvalue weighted by Crippen LogP contribution is -1.97. The second kappa shape index (κ2) is 6.43. The van der Waals surface area contributed by atoms with Crippen LogP contribution in [0.15, 0.2) is 71.1 Å². The standard InChI is InChI=1S/C22H16N4S2/c1-2-7-14(8-3-1)26-17-11-5-4-10-16(17)25-22(26)28-21-19-15-9-6-12-18(15)27-20(19)23-13-24-21/h1-5,7-8,10-11,13H,6,9,12H2. The van der Waals surface area contributed by atoms with Gasteiger partial charge in [0, 0.05) is 16.0 Å². The van der Waals surface area contributed by atoms with E-state index in [-0.39, 0.29) is 0 Å². The fraction of sp³-hybridized carbons (Fsp3) is 0.136.